The van der Waals surface area contributed by atoms with Gasteiger partial charge in [-0.25, -0.2) is 4.98 Å². The number of thiazole rings is 1. The number of nitrogens with zero attached hydrogens (tertiary/aromatic N) is 1. The molecule has 29 heavy (non-hydrogen) atoms. The van der Waals surface area contributed by atoms with Gasteiger partial charge in [-0.2, -0.15) is 0 Å². The zero-order valence-electron chi connectivity index (χ0n) is 17.4. The van der Waals surface area contributed by atoms with Gasteiger partial charge in [-0.15, -0.1) is 11.3 Å². The highest BCUT2D eigenvalue weighted by atomic mass is 32.1. The number of rotatable bonds is 7. The third-order valence-corrected chi connectivity index (χ3v) is 5.60. The average molecular weight is 409 g/mol. The second-order valence-corrected chi connectivity index (χ2v) is 8.94. The lowest BCUT2D eigenvalue weighted by Gasteiger charge is -2.20. The molecule has 3 aromatic rings. The van der Waals surface area contributed by atoms with E-state index in [0.29, 0.717) is 18.7 Å². The zero-order chi connectivity index (χ0) is 20.9. The van der Waals surface area contributed by atoms with E-state index in [0.717, 1.165) is 16.3 Å². The van der Waals surface area contributed by atoms with Crippen molar-refractivity contribution in [3.8, 4) is 16.3 Å². The van der Waals surface area contributed by atoms with Crippen LogP contribution in [0.4, 0.5) is 0 Å². The van der Waals surface area contributed by atoms with E-state index >= 15 is 0 Å². The number of amides is 1. The molecule has 1 N–H and O–H groups in total. The monoisotopic (exact) mass is 408 g/mol. The summed E-state index contributed by atoms with van der Waals surface area (Å²) in [5, 5.41) is 5.99. The van der Waals surface area contributed by atoms with Gasteiger partial charge in [0.25, 0.3) is 5.91 Å². The quantitative estimate of drug-likeness (QED) is 0.582. The first-order valence-corrected chi connectivity index (χ1v) is 10.8. The second-order valence-electron chi connectivity index (χ2n) is 8.09. The van der Waals surface area contributed by atoms with Crippen molar-refractivity contribution in [3.05, 3.63) is 71.2 Å². The Kier molecular flexibility index (Phi) is 6.70. The lowest BCUT2D eigenvalue weighted by Crippen LogP contribution is -2.37. The molecule has 0 fully saturated rings. The Bertz CT molecular complexity index is 928. The average Bonchev–Trinajstić information content (AvgIpc) is 3.17. The fourth-order valence-corrected chi connectivity index (χ4v) is 3.74. The van der Waals surface area contributed by atoms with Crippen LogP contribution in [0.15, 0.2) is 60.0 Å². The van der Waals surface area contributed by atoms with Crippen LogP contribution in [0.3, 0.4) is 0 Å². The molecule has 5 heteroatoms. The fraction of sp³-hybridized carbons (Fsp3) is 0.333. The van der Waals surface area contributed by atoms with E-state index in [1.807, 2.05) is 47.8 Å². The van der Waals surface area contributed by atoms with Crippen molar-refractivity contribution in [1.82, 2.24) is 10.3 Å². The first-order chi connectivity index (χ1) is 13.8. The van der Waals surface area contributed by atoms with Gasteiger partial charge >= 0.3 is 0 Å². The molecule has 0 aliphatic carbocycles. The fourth-order valence-electron chi connectivity index (χ4n) is 2.88. The maximum atomic E-state index is 12.3. The van der Waals surface area contributed by atoms with Gasteiger partial charge in [-0.1, -0.05) is 63.2 Å². The molecule has 4 nitrogen and oxygen atoms in total. The number of carbonyl (C=O) groups is 1. The van der Waals surface area contributed by atoms with Crippen LogP contribution in [0.2, 0.25) is 0 Å². The first kappa shape index (κ1) is 21.1. The van der Waals surface area contributed by atoms with E-state index < -0.39 is 6.10 Å². The lowest BCUT2D eigenvalue weighted by molar-refractivity contribution is -0.127. The highest BCUT2D eigenvalue weighted by molar-refractivity contribution is 7.13. The predicted octanol–water partition coefficient (Wildman–Crippen LogP) is 5.23. The van der Waals surface area contributed by atoms with Crippen molar-refractivity contribution in [2.45, 2.75) is 45.6 Å². The Morgan fingerprint density at radius 1 is 1.10 bits per heavy atom. The summed E-state index contributed by atoms with van der Waals surface area (Å²) in [7, 11) is 0. The molecule has 1 unspecified atom stereocenters. The summed E-state index contributed by atoms with van der Waals surface area (Å²) in [6, 6.07) is 18.1. The summed E-state index contributed by atoms with van der Waals surface area (Å²) in [4.78, 5) is 17.0. The van der Waals surface area contributed by atoms with Gasteiger partial charge < -0.3 is 10.1 Å². The Morgan fingerprint density at radius 3 is 2.45 bits per heavy atom. The van der Waals surface area contributed by atoms with Crippen molar-refractivity contribution >= 4 is 17.2 Å². The molecule has 152 valence electrons. The van der Waals surface area contributed by atoms with Gasteiger partial charge in [0.1, 0.15) is 10.8 Å². The predicted molar refractivity (Wildman–Crippen MR) is 119 cm³/mol. The number of hydrogen-bond donors (Lipinski definition) is 1. The van der Waals surface area contributed by atoms with E-state index in [-0.39, 0.29) is 11.3 Å². The maximum Gasteiger partial charge on any atom is 0.260 e. The maximum absolute atomic E-state index is 12.3. The minimum absolute atomic E-state index is 0.0948. The van der Waals surface area contributed by atoms with Crippen LogP contribution >= 0.6 is 11.3 Å². The molecule has 2 aromatic carbocycles. The molecule has 0 spiro atoms. The van der Waals surface area contributed by atoms with Crippen molar-refractivity contribution in [3.63, 3.8) is 0 Å². The van der Waals surface area contributed by atoms with Gasteiger partial charge in [0.15, 0.2) is 6.10 Å². The van der Waals surface area contributed by atoms with Crippen molar-refractivity contribution in [1.29, 1.82) is 0 Å². The molecule has 0 aliphatic heterocycles. The molecule has 1 atom stereocenters. The third kappa shape index (κ3) is 5.91. The van der Waals surface area contributed by atoms with Gasteiger partial charge in [0, 0.05) is 23.9 Å². The van der Waals surface area contributed by atoms with Crippen LogP contribution in [0.25, 0.3) is 10.6 Å². The largest absolute Gasteiger partial charge is 0.481 e. The van der Waals surface area contributed by atoms with Gasteiger partial charge in [-0.05, 0) is 30.0 Å². The molecule has 0 bridgehead atoms. The normalized spacial score (nSPS) is 12.4. The Labute approximate surface area is 177 Å². The molecule has 1 heterocycles. The summed E-state index contributed by atoms with van der Waals surface area (Å²) in [6.07, 6.45) is 0.146. The third-order valence-electron chi connectivity index (χ3n) is 4.66. The van der Waals surface area contributed by atoms with E-state index in [1.165, 1.54) is 5.56 Å². The topological polar surface area (TPSA) is 51.2 Å². The Hall–Kier alpha value is -2.66. The number of ether oxygens (including phenoxy) is 1. The summed E-state index contributed by atoms with van der Waals surface area (Å²) >= 11 is 1.62. The number of hydrogen-bond acceptors (Lipinski definition) is 4. The number of nitrogens with one attached hydrogen (secondary N) is 1. The smallest absolute Gasteiger partial charge is 0.260 e. The molecule has 1 amide bonds. The second kappa shape index (κ2) is 9.23. The molecule has 3 rings (SSSR count). The number of aromatic nitrogens is 1. The highest BCUT2D eigenvalue weighted by Crippen LogP contribution is 2.25. The van der Waals surface area contributed by atoms with Crippen LogP contribution in [0.5, 0.6) is 5.75 Å². The Balaban J connectivity index is 1.46. The van der Waals surface area contributed by atoms with E-state index in [1.54, 1.807) is 18.3 Å². The summed E-state index contributed by atoms with van der Waals surface area (Å²) in [6.45, 7) is 8.81. The van der Waals surface area contributed by atoms with Crippen molar-refractivity contribution < 1.29 is 9.53 Å². The van der Waals surface area contributed by atoms with E-state index in [9.17, 15) is 4.79 Å². The summed E-state index contributed by atoms with van der Waals surface area (Å²) in [5.41, 5.74) is 3.44. The van der Waals surface area contributed by atoms with Crippen LogP contribution < -0.4 is 10.1 Å². The molecular formula is C24H28N2O2S. The van der Waals surface area contributed by atoms with E-state index in [2.05, 4.69) is 43.2 Å². The van der Waals surface area contributed by atoms with Crippen LogP contribution in [0, 0.1) is 0 Å². The first-order valence-electron chi connectivity index (χ1n) is 9.87. The van der Waals surface area contributed by atoms with Crippen LogP contribution in [0.1, 0.15) is 39.0 Å². The molecule has 0 saturated carbocycles. The molecular weight excluding hydrogens is 380 g/mol. The SMILES string of the molecule is CC(Oc1ccc(C(C)(C)C)cc1)C(=O)NCCc1csc(-c2ccccc2)n1. The highest BCUT2D eigenvalue weighted by Gasteiger charge is 2.16. The Morgan fingerprint density at radius 2 is 1.79 bits per heavy atom. The summed E-state index contributed by atoms with van der Waals surface area (Å²) in [5.74, 6) is 0.580. The van der Waals surface area contributed by atoms with Gasteiger partial charge in [-0.3, -0.25) is 4.79 Å². The number of carbonyl (C=O) groups excluding carboxylic acids is 1. The van der Waals surface area contributed by atoms with Crippen LogP contribution in [-0.4, -0.2) is 23.5 Å². The lowest BCUT2D eigenvalue weighted by atomic mass is 9.87. The minimum Gasteiger partial charge on any atom is -0.481 e. The zero-order valence-corrected chi connectivity index (χ0v) is 18.3. The van der Waals surface area contributed by atoms with Crippen molar-refractivity contribution in [2.24, 2.45) is 0 Å². The molecule has 0 aliphatic rings. The van der Waals surface area contributed by atoms with Crippen molar-refractivity contribution in [2.75, 3.05) is 6.54 Å². The molecule has 1 aromatic heterocycles. The number of benzene rings is 2. The standard InChI is InChI=1S/C24H28N2O2S/c1-17(28-21-12-10-19(11-13-21)24(2,3)4)22(27)25-15-14-20-16-29-23(26-20)18-8-6-5-7-9-18/h5-13,16-17H,14-15H2,1-4H3,(H,25,27). The van der Waals surface area contributed by atoms with Crippen LogP contribution in [-0.2, 0) is 16.6 Å². The van der Waals surface area contributed by atoms with Gasteiger partial charge in [0.05, 0.1) is 5.69 Å². The minimum atomic E-state index is -0.550. The van der Waals surface area contributed by atoms with E-state index in [4.69, 9.17) is 4.74 Å². The molecule has 0 radical (unpaired) electrons. The summed E-state index contributed by atoms with van der Waals surface area (Å²) < 4.78 is 5.78. The molecule has 0 saturated heterocycles. The van der Waals surface area contributed by atoms with Gasteiger partial charge in [0.2, 0.25) is 0 Å².